The Labute approximate surface area is 122 Å². The minimum Gasteiger partial charge on any atom is -0.377 e. The van der Waals surface area contributed by atoms with E-state index in [0.717, 1.165) is 22.9 Å². The van der Waals surface area contributed by atoms with Gasteiger partial charge in [0.2, 0.25) is 10.0 Å². The smallest absolute Gasteiger partial charge is 0.216 e. The molecule has 0 aliphatic carbocycles. The Bertz CT molecular complexity index is 509. The Morgan fingerprint density at radius 3 is 2.63 bits per heavy atom. The molecule has 0 saturated carbocycles. The van der Waals surface area contributed by atoms with Crippen molar-refractivity contribution in [3.05, 3.63) is 34.3 Å². The van der Waals surface area contributed by atoms with Crippen LogP contribution in [0, 0.1) is 0 Å². The predicted molar refractivity (Wildman–Crippen MR) is 78.4 cm³/mol. The fraction of sp³-hybridized carbons (Fsp3) is 0.538. The van der Waals surface area contributed by atoms with Crippen LogP contribution in [0.15, 0.2) is 28.7 Å². The zero-order chi connectivity index (χ0) is 13.9. The summed E-state index contributed by atoms with van der Waals surface area (Å²) in [4.78, 5) is 0. The van der Waals surface area contributed by atoms with Crippen LogP contribution in [0.2, 0.25) is 0 Å². The van der Waals surface area contributed by atoms with Gasteiger partial charge in [-0.1, -0.05) is 28.1 Å². The second-order valence-electron chi connectivity index (χ2n) is 4.80. The van der Waals surface area contributed by atoms with Crippen LogP contribution < -0.4 is 0 Å². The summed E-state index contributed by atoms with van der Waals surface area (Å²) in [6.45, 7) is 1.07. The summed E-state index contributed by atoms with van der Waals surface area (Å²) >= 11 is 3.36. The highest BCUT2D eigenvalue weighted by atomic mass is 79.9. The molecule has 4 nitrogen and oxygen atoms in total. The van der Waals surface area contributed by atoms with Gasteiger partial charge in [-0.2, -0.15) is 0 Å². The summed E-state index contributed by atoms with van der Waals surface area (Å²) in [6.07, 6.45) is 1.65. The number of sulfonamides is 1. The fourth-order valence-corrected chi connectivity index (χ4v) is 3.68. The number of nitrogens with zero attached hydrogens (tertiary/aromatic N) is 1. The van der Waals surface area contributed by atoms with Crippen LogP contribution in [0.5, 0.6) is 0 Å². The van der Waals surface area contributed by atoms with E-state index in [0.29, 0.717) is 13.2 Å². The van der Waals surface area contributed by atoms with Crippen molar-refractivity contribution < 1.29 is 13.2 Å². The Morgan fingerprint density at radius 1 is 1.37 bits per heavy atom. The minimum absolute atomic E-state index is 0.0834. The van der Waals surface area contributed by atoms with Crippen LogP contribution in [0.25, 0.3) is 0 Å². The quantitative estimate of drug-likeness (QED) is 0.821. The van der Waals surface area contributed by atoms with E-state index in [-0.39, 0.29) is 11.9 Å². The number of hydrogen-bond acceptors (Lipinski definition) is 3. The molecule has 106 valence electrons. The van der Waals surface area contributed by atoms with Gasteiger partial charge in [-0.15, -0.1) is 0 Å². The molecule has 2 rings (SSSR count). The summed E-state index contributed by atoms with van der Waals surface area (Å²) in [7, 11) is -1.64. The molecule has 1 aromatic carbocycles. The first-order valence-corrected chi connectivity index (χ1v) is 8.67. The van der Waals surface area contributed by atoms with Crippen molar-refractivity contribution in [3.63, 3.8) is 0 Å². The molecule has 1 aliphatic heterocycles. The van der Waals surface area contributed by atoms with Crippen molar-refractivity contribution in [3.8, 4) is 0 Å². The molecule has 0 bridgehead atoms. The lowest BCUT2D eigenvalue weighted by atomic mass is 10.2. The summed E-state index contributed by atoms with van der Waals surface area (Å²) in [5.74, 6) is 0.0834. The molecule has 1 aliphatic rings. The Morgan fingerprint density at radius 2 is 2.05 bits per heavy atom. The van der Waals surface area contributed by atoms with E-state index in [1.54, 1.807) is 7.05 Å². The molecule has 0 spiro atoms. The van der Waals surface area contributed by atoms with Crippen LogP contribution >= 0.6 is 15.9 Å². The molecule has 1 saturated heterocycles. The van der Waals surface area contributed by atoms with Crippen LogP contribution in [0.3, 0.4) is 0 Å². The molecule has 19 heavy (non-hydrogen) atoms. The fourth-order valence-electron chi connectivity index (χ4n) is 2.08. The van der Waals surface area contributed by atoms with Gasteiger partial charge >= 0.3 is 0 Å². The number of ether oxygens (including phenoxy) is 1. The Hall–Kier alpha value is -0.430. The third-order valence-corrected chi connectivity index (χ3v) is 5.61. The van der Waals surface area contributed by atoms with Crippen molar-refractivity contribution in [2.45, 2.75) is 25.5 Å². The average molecular weight is 348 g/mol. The maximum Gasteiger partial charge on any atom is 0.216 e. The first-order valence-electron chi connectivity index (χ1n) is 6.27. The van der Waals surface area contributed by atoms with Crippen LogP contribution in [0.4, 0.5) is 0 Å². The Balaban J connectivity index is 1.97. The average Bonchev–Trinajstić information content (AvgIpc) is 2.84. The van der Waals surface area contributed by atoms with Crippen LogP contribution in [0.1, 0.15) is 18.4 Å². The van der Waals surface area contributed by atoms with E-state index in [1.165, 1.54) is 4.31 Å². The topological polar surface area (TPSA) is 46.6 Å². The van der Waals surface area contributed by atoms with E-state index >= 15 is 0 Å². The van der Waals surface area contributed by atoms with Crippen molar-refractivity contribution in [2.75, 3.05) is 19.4 Å². The molecule has 1 atom stereocenters. The summed E-state index contributed by atoms with van der Waals surface area (Å²) in [5.41, 5.74) is 0.974. The van der Waals surface area contributed by atoms with Crippen molar-refractivity contribution >= 4 is 26.0 Å². The van der Waals surface area contributed by atoms with E-state index in [2.05, 4.69) is 15.9 Å². The highest BCUT2D eigenvalue weighted by molar-refractivity contribution is 9.10. The minimum atomic E-state index is -3.26. The van der Waals surface area contributed by atoms with Crippen LogP contribution in [-0.4, -0.2) is 38.2 Å². The highest BCUT2D eigenvalue weighted by Crippen LogP contribution is 2.17. The number of rotatable bonds is 5. The van der Waals surface area contributed by atoms with Gasteiger partial charge in [-0.05, 0) is 30.5 Å². The van der Waals surface area contributed by atoms with Gasteiger partial charge in [-0.25, -0.2) is 12.7 Å². The second kappa shape index (κ2) is 6.35. The SMILES string of the molecule is CN(Cc1ccc(Br)cc1)S(=O)(=O)CC1CCCO1. The molecule has 6 heteroatoms. The van der Waals surface area contributed by atoms with Crippen molar-refractivity contribution in [2.24, 2.45) is 0 Å². The van der Waals surface area contributed by atoms with E-state index in [9.17, 15) is 8.42 Å². The molecule has 1 aromatic rings. The van der Waals surface area contributed by atoms with Gasteiger partial charge < -0.3 is 4.74 Å². The third-order valence-electron chi connectivity index (χ3n) is 3.21. The first kappa shape index (κ1) is 15.0. The van der Waals surface area contributed by atoms with Gasteiger partial charge in [-0.3, -0.25) is 0 Å². The van der Waals surface area contributed by atoms with E-state index < -0.39 is 10.0 Å². The molecular formula is C13H18BrNO3S. The van der Waals surface area contributed by atoms with Crippen LogP contribution in [-0.2, 0) is 21.3 Å². The summed E-state index contributed by atoms with van der Waals surface area (Å²) in [6, 6.07) is 7.66. The van der Waals surface area contributed by atoms with Crippen molar-refractivity contribution in [1.29, 1.82) is 0 Å². The summed E-state index contributed by atoms with van der Waals surface area (Å²) < 4.78 is 32.2. The standard InChI is InChI=1S/C13H18BrNO3S/c1-15(9-11-4-6-12(14)7-5-11)19(16,17)10-13-3-2-8-18-13/h4-7,13H,2-3,8-10H2,1H3. The van der Waals surface area contributed by atoms with Gasteiger partial charge in [0, 0.05) is 24.7 Å². The molecule has 1 fully saturated rings. The van der Waals surface area contributed by atoms with E-state index in [1.807, 2.05) is 24.3 Å². The molecule has 0 radical (unpaired) electrons. The predicted octanol–water partition coefficient (Wildman–Crippen LogP) is 2.39. The number of hydrogen-bond donors (Lipinski definition) is 0. The Kier molecular flexibility index (Phi) is 5.00. The van der Waals surface area contributed by atoms with Gasteiger partial charge in [0.15, 0.2) is 0 Å². The van der Waals surface area contributed by atoms with Gasteiger partial charge in [0.05, 0.1) is 11.9 Å². The monoisotopic (exact) mass is 347 g/mol. The molecule has 1 heterocycles. The lowest BCUT2D eigenvalue weighted by molar-refractivity contribution is 0.126. The normalized spacial score (nSPS) is 20.1. The number of benzene rings is 1. The maximum absolute atomic E-state index is 12.2. The largest absolute Gasteiger partial charge is 0.377 e. The van der Waals surface area contributed by atoms with Gasteiger partial charge in [0.25, 0.3) is 0 Å². The molecule has 0 aromatic heterocycles. The van der Waals surface area contributed by atoms with Gasteiger partial charge in [0.1, 0.15) is 0 Å². The zero-order valence-corrected chi connectivity index (χ0v) is 13.3. The zero-order valence-electron chi connectivity index (χ0n) is 10.9. The first-order chi connectivity index (χ1) is 8.97. The maximum atomic E-state index is 12.2. The number of halogens is 1. The lowest BCUT2D eigenvalue weighted by Crippen LogP contribution is -2.33. The second-order valence-corrected chi connectivity index (χ2v) is 7.83. The third kappa shape index (κ3) is 4.27. The summed E-state index contributed by atoms with van der Waals surface area (Å²) in [5, 5.41) is 0. The lowest BCUT2D eigenvalue weighted by Gasteiger charge is -2.19. The van der Waals surface area contributed by atoms with Crippen molar-refractivity contribution in [1.82, 2.24) is 4.31 Å². The molecule has 1 unspecified atom stereocenters. The highest BCUT2D eigenvalue weighted by Gasteiger charge is 2.26. The molecule has 0 N–H and O–H groups in total. The molecular weight excluding hydrogens is 330 g/mol. The van der Waals surface area contributed by atoms with E-state index in [4.69, 9.17) is 4.74 Å². The molecule has 0 amide bonds.